The topological polar surface area (TPSA) is 71.1 Å². The maximum absolute atomic E-state index is 12.5. The van der Waals surface area contributed by atoms with Crippen molar-refractivity contribution < 1.29 is 46.4 Å². The molecule has 11 heteroatoms. The normalized spacial score (nSPS) is 17.9. The Hall–Kier alpha value is -4.50. The molecule has 0 bridgehead atoms. The molecule has 0 radical (unpaired) electrons. The molecular formula is C46H53F4O6P. The van der Waals surface area contributed by atoms with Crippen molar-refractivity contribution in [1.29, 1.82) is 0 Å². The Kier molecular flexibility index (Phi) is 15.7. The third kappa shape index (κ3) is 14.7. The molecule has 6 rings (SSSR count). The predicted molar refractivity (Wildman–Crippen MR) is 220 cm³/mol. The highest BCUT2D eigenvalue weighted by atomic mass is 31.2. The Bertz CT molecular complexity index is 1840. The third-order valence-corrected chi connectivity index (χ3v) is 12.4. The van der Waals surface area contributed by atoms with Crippen LogP contribution in [0.1, 0.15) is 77.6 Å². The molecule has 0 saturated heterocycles. The van der Waals surface area contributed by atoms with Crippen molar-refractivity contribution in [3.8, 4) is 0 Å². The molecule has 2 aliphatic rings. The molecule has 2 unspecified atom stereocenters. The number of rotatable bonds is 12. The van der Waals surface area contributed by atoms with E-state index in [4.69, 9.17) is 19.2 Å². The lowest BCUT2D eigenvalue weighted by Crippen LogP contribution is -2.28. The maximum Gasteiger partial charge on any atom is 0.338 e. The second kappa shape index (κ2) is 19.8. The monoisotopic (exact) mass is 808 g/mol. The lowest BCUT2D eigenvalue weighted by atomic mass is 10.2. The first-order valence-corrected chi connectivity index (χ1v) is 20.8. The Morgan fingerprint density at radius 2 is 1.09 bits per heavy atom. The zero-order valence-corrected chi connectivity index (χ0v) is 34.3. The zero-order valence-electron chi connectivity index (χ0n) is 33.4. The van der Waals surface area contributed by atoms with E-state index in [0.29, 0.717) is 5.56 Å². The summed E-state index contributed by atoms with van der Waals surface area (Å²) in [5, 5.41) is 3.69. The molecule has 0 aromatic heterocycles. The molecule has 2 fully saturated rings. The van der Waals surface area contributed by atoms with E-state index in [-0.39, 0.29) is 37.9 Å². The van der Waals surface area contributed by atoms with Crippen molar-refractivity contribution in [2.24, 2.45) is 11.8 Å². The van der Waals surface area contributed by atoms with E-state index in [1.807, 2.05) is 45.0 Å². The molecule has 4 aromatic rings. The average Bonchev–Trinajstić information content (AvgIpc) is 4.00. The summed E-state index contributed by atoms with van der Waals surface area (Å²) < 4.78 is 59.8. The molecule has 2 aliphatic carbocycles. The van der Waals surface area contributed by atoms with Crippen LogP contribution in [0.15, 0.2) is 133 Å². The molecular weight excluding hydrogens is 755 g/mol. The van der Waals surface area contributed by atoms with E-state index in [1.54, 1.807) is 51.1 Å². The second-order valence-corrected chi connectivity index (χ2v) is 19.1. The van der Waals surface area contributed by atoms with Crippen LogP contribution in [-0.2, 0) is 24.0 Å². The highest BCUT2D eigenvalue weighted by Gasteiger charge is 2.56. The van der Waals surface area contributed by atoms with Crippen LogP contribution in [0.5, 0.6) is 0 Å². The number of esters is 2. The van der Waals surface area contributed by atoms with Crippen molar-refractivity contribution in [3.05, 3.63) is 139 Å². The Morgan fingerprint density at radius 1 is 0.667 bits per heavy atom. The minimum absolute atomic E-state index is 0.0635. The van der Waals surface area contributed by atoms with Gasteiger partial charge in [-0.05, 0) is 82.4 Å². The number of benzene rings is 4. The van der Waals surface area contributed by atoms with Gasteiger partial charge < -0.3 is 9.47 Å². The van der Waals surface area contributed by atoms with E-state index < -0.39 is 48.1 Å². The quantitative estimate of drug-likeness (QED) is 0.0355. The fourth-order valence-corrected chi connectivity index (χ4v) is 8.93. The van der Waals surface area contributed by atoms with Gasteiger partial charge in [-0.3, -0.25) is 0 Å². The molecule has 0 amide bonds. The first kappa shape index (κ1) is 45.2. The van der Waals surface area contributed by atoms with Gasteiger partial charge in [0.1, 0.15) is 5.60 Å². The van der Waals surface area contributed by atoms with Gasteiger partial charge >= 0.3 is 11.9 Å². The van der Waals surface area contributed by atoms with Crippen molar-refractivity contribution >= 4 is 40.7 Å². The van der Waals surface area contributed by atoms with Crippen LogP contribution >= 0.6 is 6.89 Å². The first-order chi connectivity index (χ1) is 26.8. The van der Waals surface area contributed by atoms with Crippen molar-refractivity contribution in [1.82, 2.24) is 0 Å². The molecule has 2 saturated carbocycles. The number of hydrogen-bond acceptors (Lipinski definition) is 6. The lowest BCUT2D eigenvalue weighted by Gasteiger charge is -2.28. The van der Waals surface area contributed by atoms with E-state index in [0.717, 1.165) is 0 Å². The summed E-state index contributed by atoms with van der Waals surface area (Å²) in [6, 6.07) is 40.1. The van der Waals surface area contributed by atoms with Gasteiger partial charge in [-0.1, -0.05) is 115 Å². The van der Waals surface area contributed by atoms with Crippen LogP contribution < -0.4 is 15.9 Å². The molecule has 0 spiro atoms. The third-order valence-electron chi connectivity index (χ3n) is 8.69. The first-order valence-electron chi connectivity index (χ1n) is 18.9. The van der Waals surface area contributed by atoms with Gasteiger partial charge in [-0.15, -0.1) is 0 Å². The van der Waals surface area contributed by atoms with Crippen LogP contribution in [-0.4, -0.2) is 47.6 Å². The van der Waals surface area contributed by atoms with Gasteiger partial charge in [0.05, 0.1) is 23.8 Å². The average molecular weight is 809 g/mol. The van der Waals surface area contributed by atoms with E-state index in [2.05, 4.69) is 72.8 Å². The van der Waals surface area contributed by atoms with Crippen molar-refractivity contribution in [3.63, 3.8) is 0 Å². The predicted octanol–water partition coefficient (Wildman–Crippen LogP) is 10.3. The number of carbonyl (C=O) groups is 2. The molecule has 2 atom stereocenters. The van der Waals surface area contributed by atoms with Crippen LogP contribution in [0.3, 0.4) is 0 Å². The van der Waals surface area contributed by atoms with Crippen LogP contribution in [0, 0.1) is 11.8 Å². The van der Waals surface area contributed by atoms with Gasteiger partial charge in [-0.25, -0.2) is 36.9 Å². The lowest BCUT2D eigenvalue weighted by molar-refractivity contribution is -0.282. The van der Waals surface area contributed by atoms with Gasteiger partial charge in [0, 0.05) is 37.6 Å². The summed E-state index contributed by atoms with van der Waals surface area (Å²) in [5.74, 6) is -5.25. The highest BCUT2D eigenvalue weighted by molar-refractivity contribution is 7.94. The Morgan fingerprint density at radius 3 is 1.47 bits per heavy atom. The van der Waals surface area contributed by atoms with E-state index in [1.165, 1.54) is 28.1 Å². The Balaban J connectivity index is 0.000000201. The Labute approximate surface area is 334 Å². The fourth-order valence-electron chi connectivity index (χ4n) is 5.57. The van der Waals surface area contributed by atoms with Crippen LogP contribution in [0.4, 0.5) is 17.6 Å². The SMILES string of the molecule is CC(C)(C)OC(=O)C=CCC1CC1(F)F.CC(C)(C)OOC=P(c1ccccc1)(c1ccccc1)c1ccccc1.O=C(OCCC1CC1(F)F)c1ccccc1. The van der Waals surface area contributed by atoms with E-state index in [9.17, 15) is 27.2 Å². The second-order valence-electron chi connectivity index (χ2n) is 15.9. The molecule has 0 heterocycles. The minimum Gasteiger partial charge on any atom is -0.462 e. The standard InChI is InChI=1S/C23H25O2P.C12H12F2O2.C11H16F2O2/c1-23(2,3)25-24-19-26(20-13-7-4-8-14-20,21-15-9-5-10-16-21)22-17-11-6-12-18-22;13-12(14)8-10(12)6-7-16-11(15)9-4-2-1-3-5-9;1-10(2,3)15-9(14)6-4-5-8-7-11(8,12)13/h4-19H,1-3H3;1-5,10H,6-8H2;4,6,8H,5,7H2,1-3H3. The number of ether oxygens (including phenoxy) is 2. The maximum atomic E-state index is 12.5. The summed E-state index contributed by atoms with van der Waals surface area (Å²) in [4.78, 5) is 33.9. The highest BCUT2D eigenvalue weighted by Crippen LogP contribution is 2.51. The van der Waals surface area contributed by atoms with Gasteiger partial charge in [-0.2, -0.15) is 0 Å². The molecule has 57 heavy (non-hydrogen) atoms. The molecule has 0 N–H and O–H groups in total. The van der Waals surface area contributed by atoms with Crippen molar-refractivity contribution in [2.45, 2.75) is 90.3 Å². The molecule has 6 nitrogen and oxygen atoms in total. The van der Waals surface area contributed by atoms with Crippen molar-refractivity contribution in [2.75, 3.05) is 6.61 Å². The number of halogens is 4. The molecule has 306 valence electrons. The summed E-state index contributed by atoms with van der Waals surface area (Å²) in [5.41, 5.74) is -0.466. The fraction of sp³-hybridized carbons (Fsp3) is 0.370. The van der Waals surface area contributed by atoms with Crippen LogP contribution in [0.2, 0.25) is 0 Å². The summed E-state index contributed by atoms with van der Waals surface area (Å²) in [7, 11) is 0. The summed E-state index contributed by atoms with van der Waals surface area (Å²) in [6.07, 6.45) is 3.03. The van der Waals surface area contributed by atoms with Crippen LogP contribution in [0.25, 0.3) is 0 Å². The summed E-state index contributed by atoms with van der Waals surface area (Å²) in [6.45, 7) is 9.17. The largest absolute Gasteiger partial charge is 0.462 e. The summed E-state index contributed by atoms with van der Waals surface area (Å²) >= 11 is 0. The number of alkyl halides is 4. The van der Waals surface area contributed by atoms with Gasteiger partial charge in [0.2, 0.25) is 0 Å². The zero-order chi connectivity index (χ0) is 41.7. The van der Waals surface area contributed by atoms with Gasteiger partial charge in [0.15, 0.2) is 0 Å². The smallest absolute Gasteiger partial charge is 0.338 e. The number of carbonyl (C=O) groups excluding carboxylic acids is 2. The van der Waals surface area contributed by atoms with E-state index >= 15 is 0 Å². The number of hydrogen-bond donors (Lipinski definition) is 0. The molecule has 4 aromatic carbocycles. The minimum atomic E-state index is -2.53. The van der Waals surface area contributed by atoms with Gasteiger partial charge in [0.25, 0.3) is 11.8 Å². The molecule has 0 aliphatic heterocycles. The number of allylic oxidation sites excluding steroid dienone is 1.